The highest BCUT2D eigenvalue weighted by molar-refractivity contribution is 5.76. The number of piperazine rings is 1. The highest BCUT2D eigenvalue weighted by Crippen LogP contribution is 2.20. The van der Waals surface area contributed by atoms with E-state index < -0.39 is 0 Å². The number of carbonyl (C=O) groups excluding carboxylic acids is 1. The Morgan fingerprint density at radius 1 is 1.17 bits per heavy atom. The quantitative estimate of drug-likeness (QED) is 0.851. The molecule has 3 rings (SSSR count). The van der Waals surface area contributed by atoms with E-state index in [-0.39, 0.29) is 5.91 Å². The van der Waals surface area contributed by atoms with Gasteiger partial charge in [0.15, 0.2) is 11.7 Å². The number of hydrogen-bond donors (Lipinski definition) is 0. The fourth-order valence-electron chi connectivity index (χ4n) is 2.85. The summed E-state index contributed by atoms with van der Waals surface area (Å²) in [6.45, 7) is 6.81. The first-order valence-electron chi connectivity index (χ1n) is 8.26. The molecular weight excluding hydrogens is 290 g/mol. The van der Waals surface area contributed by atoms with Crippen LogP contribution in [0.2, 0.25) is 0 Å². The van der Waals surface area contributed by atoms with Crippen LogP contribution < -0.4 is 0 Å². The van der Waals surface area contributed by atoms with E-state index in [4.69, 9.17) is 4.42 Å². The predicted octanol–water partition coefficient (Wildman–Crippen LogP) is 2.44. The van der Waals surface area contributed by atoms with Gasteiger partial charge in [-0.3, -0.25) is 4.79 Å². The number of oxazole rings is 1. The second-order valence-corrected chi connectivity index (χ2v) is 5.80. The average Bonchev–Trinajstić information content (AvgIpc) is 3.09. The van der Waals surface area contributed by atoms with Crippen LogP contribution in [0, 0.1) is 0 Å². The number of aromatic nitrogens is 1. The van der Waals surface area contributed by atoms with Crippen LogP contribution in [0.3, 0.4) is 0 Å². The Kier molecular flexibility index (Phi) is 5.08. The van der Waals surface area contributed by atoms with Crippen molar-refractivity contribution in [2.45, 2.75) is 19.8 Å². The van der Waals surface area contributed by atoms with Crippen molar-refractivity contribution in [3.05, 3.63) is 42.4 Å². The maximum Gasteiger partial charge on any atom is 0.223 e. The normalized spacial score (nSPS) is 15.8. The Bertz CT molecular complexity index is 631. The van der Waals surface area contributed by atoms with E-state index in [1.54, 1.807) is 6.20 Å². The van der Waals surface area contributed by atoms with Gasteiger partial charge < -0.3 is 14.2 Å². The van der Waals surface area contributed by atoms with Crippen molar-refractivity contribution >= 4 is 5.91 Å². The summed E-state index contributed by atoms with van der Waals surface area (Å²) in [4.78, 5) is 20.9. The maximum absolute atomic E-state index is 12.3. The molecular formula is C18H23N3O2. The molecule has 0 bridgehead atoms. The number of carbonyl (C=O) groups is 1. The zero-order valence-corrected chi connectivity index (χ0v) is 13.6. The van der Waals surface area contributed by atoms with Crippen LogP contribution in [-0.4, -0.2) is 53.4 Å². The lowest BCUT2D eigenvalue weighted by Crippen LogP contribution is -2.48. The highest BCUT2D eigenvalue weighted by atomic mass is 16.4. The minimum atomic E-state index is 0.195. The zero-order chi connectivity index (χ0) is 16.1. The topological polar surface area (TPSA) is 49.6 Å². The Hall–Kier alpha value is -2.14. The van der Waals surface area contributed by atoms with Crippen molar-refractivity contribution in [2.75, 3.05) is 32.7 Å². The largest absolute Gasteiger partial charge is 0.441 e. The van der Waals surface area contributed by atoms with Crippen molar-refractivity contribution in [3.8, 4) is 11.3 Å². The molecule has 5 heteroatoms. The molecule has 0 atom stereocenters. The van der Waals surface area contributed by atoms with E-state index in [2.05, 4.69) is 16.8 Å². The summed E-state index contributed by atoms with van der Waals surface area (Å²) in [5.74, 6) is 1.58. The summed E-state index contributed by atoms with van der Waals surface area (Å²) < 4.78 is 5.75. The van der Waals surface area contributed by atoms with E-state index in [1.165, 1.54) is 0 Å². The minimum Gasteiger partial charge on any atom is -0.441 e. The van der Waals surface area contributed by atoms with Crippen molar-refractivity contribution in [2.24, 2.45) is 0 Å². The molecule has 1 saturated heterocycles. The van der Waals surface area contributed by atoms with Crippen molar-refractivity contribution in [3.63, 3.8) is 0 Å². The molecule has 0 N–H and O–H groups in total. The number of rotatable bonds is 5. The number of hydrogen-bond acceptors (Lipinski definition) is 4. The van der Waals surface area contributed by atoms with Crippen molar-refractivity contribution in [1.29, 1.82) is 0 Å². The molecule has 23 heavy (non-hydrogen) atoms. The first-order valence-corrected chi connectivity index (χ1v) is 8.26. The standard InChI is InChI=1S/C18H23N3O2/c1-2-20-10-12-21(13-11-20)18(22)9-8-17-19-14-16(23-17)15-6-4-3-5-7-15/h3-7,14H,2,8-13H2,1H3. The third-order valence-electron chi connectivity index (χ3n) is 4.34. The minimum absolute atomic E-state index is 0.195. The van der Waals surface area contributed by atoms with Crippen LogP contribution in [0.15, 0.2) is 40.9 Å². The van der Waals surface area contributed by atoms with Crippen LogP contribution in [0.5, 0.6) is 0 Å². The number of benzene rings is 1. The van der Waals surface area contributed by atoms with Gasteiger partial charge in [0.25, 0.3) is 0 Å². The Labute approximate surface area is 136 Å². The lowest BCUT2D eigenvalue weighted by molar-refractivity contribution is -0.132. The fourth-order valence-corrected chi connectivity index (χ4v) is 2.85. The molecule has 5 nitrogen and oxygen atoms in total. The van der Waals surface area contributed by atoms with Gasteiger partial charge in [-0.2, -0.15) is 0 Å². The summed E-state index contributed by atoms with van der Waals surface area (Å²) in [7, 11) is 0. The molecule has 2 heterocycles. The van der Waals surface area contributed by atoms with Gasteiger partial charge in [0.1, 0.15) is 0 Å². The molecule has 0 unspecified atom stereocenters. The molecule has 2 aromatic rings. The Morgan fingerprint density at radius 2 is 1.91 bits per heavy atom. The number of amides is 1. The van der Waals surface area contributed by atoms with E-state index in [9.17, 15) is 4.79 Å². The van der Waals surface area contributed by atoms with Gasteiger partial charge in [-0.05, 0) is 6.54 Å². The molecule has 1 amide bonds. The molecule has 1 aromatic heterocycles. The summed E-state index contributed by atoms with van der Waals surface area (Å²) in [6, 6.07) is 9.89. The first kappa shape index (κ1) is 15.7. The van der Waals surface area contributed by atoms with Crippen LogP contribution in [-0.2, 0) is 11.2 Å². The van der Waals surface area contributed by atoms with Crippen LogP contribution in [0.25, 0.3) is 11.3 Å². The third kappa shape index (κ3) is 3.99. The molecule has 1 aliphatic heterocycles. The highest BCUT2D eigenvalue weighted by Gasteiger charge is 2.20. The molecule has 0 aliphatic carbocycles. The lowest BCUT2D eigenvalue weighted by Gasteiger charge is -2.34. The molecule has 0 radical (unpaired) electrons. The van der Waals surface area contributed by atoms with Gasteiger partial charge >= 0.3 is 0 Å². The molecule has 1 aromatic carbocycles. The Balaban J connectivity index is 1.51. The number of likely N-dealkylation sites (N-methyl/N-ethyl adjacent to an activating group) is 1. The maximum atomic E-state index is 12.3. The molecule has 0 saturated carbocycles. The predicted molar refractivity (Wildman–Crippen MR) is 89.0 cm³/mol. The lowest BCUT2D eigenvalue weighted by atomic mass is 10.2. The number of nitrogens with zero attached hydrogens (tertiary/aromatic N) is 3. The summed E-state index contributed by atoms with van der Waals surface area (Å²) in [6.07, 6.45) is 2.75. The van der Waals surface area contributed by atoms with Crippen molar-refractivity contribution < 1.29 is 9.21 Å². The zero-order valence-electron chi connectivity index (χ0n) is 13.6. The van der Waals surface area contributed by atoms with Gasteiger partial charge in [0.2, 0.25) is 5.91 Å². The summed E-state index contributed by atoms with van der Waals surface area (Å²) >= 11 is 0. The van der Waals surface area contributed by atoms with E-state index >= 15 is 0 Å². The average molecular weight is 313 g/mol. The van der Waals surface area contributed by atoms with E-state index in [0.29, 0.717) is 18.7 Å². The molecule has 122 valence electrons. The van der Waals surface area contributed by atoms with E-state index in [1.807, 2.05) is 35.2 Å². The Morgan fingerprint density at radius 3 is 2.61 bits per heavy atom. The smallest absolute Gasteiger partial charge is 0.223 e. The van der Waals surface area contributed by atoms with Gasteiger partial charge in [-0.15, -0.1) is 0 Å². The van der Waals surface area contributed by atoms with Gasteiger partial charge in [-0.1, -0.05) is 37.3 Å². The monoisotopic (exact) mass is 313 g/mol. The van der Waals surface area contributed by atoms with E-state index in [0.717, 1.165) is 44.0 Å². The molecule has 0 spiro atoms. The molecule has 1 aliphatic rings. The summed E-state index contributed by atoms with van der Waals surface area (Å²) in [5.41, 5.74) is 1.01. The second kappa shape index (κ2) is 7.42. The van der Waals surface area contributed by atoms with Gasteiger partial charge in [-0.25, -0.2) is 4.98 Å². The van der Waals surface area contributed by atoms with Gasteiger partial charge in [0.05, 0.1) is 6.20 Å². The SMILES string of the molecule is CCN1CCN(C(=O)CCc2ncc(-c3ccccc3)o2)CC1. The first-order chi connectivity index (χ1) is 11.3. The molecule has 1 fully saturated rings. The third-order valence-corrected chi connectivity index (χ3v) is 4.34. The summed E-state index contributed by atoms with van der Waals surface area (Å²) in [5, 5.41) is 0. The number of aryl methyl sites for hydroxylation is 1. The van der Waals surface area contributed by atoms with Crippen molar-refractivity contribution in [1.82, 2.24) is 14.8 Å². The van der Waals surface area contributed by atoms with Gasteiger partial charge in [0, 0.05) is 44.6 Å². The van der Waals surface area contributed by atoms with Crippen LogP contribution in [0.1, 0.15) is 19.2 Å². The van der Waals surface area contributed by atoms with Crippen LogP contribution in [0.4, 0.5) is 0 Å². The second-order valence-electron chi connectivity index (χ2n) is 5.80. The fraction of sp³-hybridized carbons (Fsp3) is 0.444. The van der Waals surface area contributed by atoms with Crippen LogP contribution >= 0.6 is 0 Å².